The second-order valence-electron chi connectivity index (χ2n) is 3.78. The number of hydrogen-bond acceptors (Lipinski definition) is 3. The van der Waals surface area contributed by atoms with E-state index in [1.165, 1.54) is 12.8 Å². The lowest BCUT2D eigenvalue weighted by atomic mass is 10.4. The zero-order valence-electron chi connectivity index (χ0n) is 7.92. The first kappa shape index (κ1) is 7.79. The van der Waals surface area contributed by atoms with Gasteiger partial charge in [-0.15, -0.1) is 0 Å². The highest BCUT2D eigenvalue weighted by Crippen LogP contribution is 2.29. The zero-order valence-corrected chi connectivity index (χ0v) is 7.92. The molecule has 3 rings (SSSR count). The molecule has 2 aromatic heterocycles. The van der Waals surface area contributed by atoms with Crippen LogP contribution in [0.3, 0.4) is 0 Å². The summed E-state index contributed by atoms with van der Waals surface area (Å²) in [6.07, 6.45) is 2.52. The molecule has 1 fully saturated rings. The molecule has 0 amide bonds. The van der Waals surface area contributed by atoms with Gasteiger partial charge in [0.2, 0.25) is 0 Å². The molecule has 0 atom stereocenters. The molecule has 74 valence electrons. The van der Waals surface area contributed by atoms with Crippen molar-refractivity contribution in [2.24, 2.45) is 0 Å². The van der Waals surface area contributed by atoms with Gasteiger partial charge >= 0.3 is 0 Å². The van der Waals surface area contributed by atoms with Crippen molar-refractivity contribution < 1.29 is 4.42 Å². The second-order valence-corrected chi connectivity index (χ2v) is 3.78. The average Bonchev–Trinajstić information content (AvgIpc) is 2.74. The van der Waals surface area contributed by atoms with Crippen LogP contribution in [0.15, 0.2) is 16.5 Å². The standard InChI is InChI=1S/C10H13N3O/c11-9-6-8-7(12-9)5-10(14-8)13-3-1-2-4-13/h5-6,12H,1-4,11H2. The minimum atomic E-state index is 0.659. The van der Waals surface area contributed by atoms with Gasteiger partial charge in [0.05, 0.1) is 5.52 Å². The van der Waals surface area contributed by atoms with Crippen molar-refractivity contribution in [3.63, 3.8) is 0 Å². The predicted molar refractivity (Wildman–Crippen MR) is 56.4 cm³/mol. The molecule has 2 aromatic rings. The molecule has 1 saturated heterocycles. The second kappa shape index (κ2) is 2.70. The van der Waals surface area contributed by atoms with E-state index < -0.39 is 0 Å². The summed E-state index contributed by atoms with van der Waals surface area (Å²) in [6, 6.07) is 3.85. The molecule has 0 unspecified atom stereocenters. The number of fused-ring (bicyclic) bond motifs is 1. The van der Waals surface area contributed by atoms with Crippen molar-refractivity contribution in [1.29, 1.82) is 0 Å². The van der Waals surface area contributed by atoms with Crippen LogP contribution in [-0.4, -0.2) is 18.1 Å². The summed E-state index contributed by atoms with van der Waals surface area (Å²) >= 11 is 0. The van der Waals surface area contributed by atoms with Crippen LogP contribution in [0.1, 0.15) is 12.8 Å². The van der Waals surface area contributed by atoms with Crippen LogP contribution in [0.25, 0.3) is 11.1 Å². The van der Waals surface area contributed by atoms with Gasteiger partial charge in [0.15, 0.2) is 11.5 Å². The quantitative estimate of drug-likeness (QED) is 0.724. The largest absolute Gasteiger partial charge is 0.439 e. The smallest absolute Gasteiger partial charge is 0.198 e. The van der Waals surface area contributed by atoms with Gasteiger partial charge < -0.3 is 20.0 Å². The SMILES string of the molecule is Nc1cc2oc(N3CCCC3)cc2[nH]1. The van der Waals surface area contributed by atoms with Gasteiger partial charge in [-0.3, -0.25) is 0 Å². The van der Waals surface area contributed by atoms with Crippen LogP contribution in [-0.2, 0) is 0 Å². The normalized spacial score (nSPS) is 17.0. The Labute approximate surface area is 81.7 Å². The van der Waals surface area contributed by atoms with Crippen molar-refractivity contribution in [1.82, 2.24) is 4.98 Å². The number of nitrogen functional groups attached to an aromatic ring is 1. The molecule has 3 N–H and O–H groups in total. The number of hydrogen-bond donors (Lipinski definition) is 2. The maximum absolute atomic E-state index is 5.69. The third-order valence-electron chi connectivity index (χ3n) is 2.73. The molecular weight excluding hydrogens is 178 g/mol. The summed E-state index contributed by atoms with van der Waals surface area (Å²) in [5.41, 5.74) is 7.45. The Kier molecular flexibility index (Phi) is 1.50. The van der Waals surface area contributed by atoms with Gasteiger partial charge in [-0.1, -0.05) is 0 Å². The van der Waals surface area contributed by atoms with Crippen LogP contribution in [0.5, 0.6) is 0 Å². The number of H-pyrrole nitrogens is 1. The molecule has 0 spiro atoms. The summed E-state index contributed by atoms with van der Waals surface area (Å²) < 4.78 is 5.69. The van der Waals surface area contributed by atoms with Crippen LogP contribution < -0.4 is 10.6 Å². The molecule has 0 bridgehead atoms. The van der Waals surface area contributed by atoms with E-state index in [1.54, 1.807) is 0 Å². The number of furan rings is 1. The number of anilines is 2. The fraction of sp³-hybridized carbons (Fsp3) is 0.400. The van der Waals surface area contributed by atoms with E-state index in [0.29, 0.717) is 5.82 Å². The van der Waals surface area contributed by atoms with Crippen molar-refractivity contribution in [2.45, 2.75) is 12.8 Å². The highest BCUT2D eigenvalue weighted by Gasteiger charge is 2.16. The third kappa shape index (κ3) is 1.07. The van der Waals surface area contributed by atoms with Gasteiger partial charge in [0.1, 0.15) is 5.82 Å². The minimum Gasteiger partial charge on any atom is -0.439 e. The van der Waals surface area contributed by atoms with E-state index in [1.807, 2.05) is 12.1 Å². The van der Waals surface area contributed by atoms with Crippen molar-refractivity contribution >= 4 is 22.8 Å². The Morgan fingerprint density at radius 2 is 2.07 bits per heavy atom. The summed E-state index contributed by atoms with van der Waals surface area (Å²) in [5, 5.41) is 0. The first-order valence-electron chi connectivity index (χ1n) is 4.96. The van der Waals surface area contributed by atoms with Gasteiger partial charge in [-0.05, 0) is 12.8 Å². The van der Waals surface area contributed by atoms with E-state index in [4.69, 9.17) is 10.2 Å². The number of aromatic nitrogens is 1. The van der Waals surface area contributed by atoms with Crippen LogP contribution in [0.2, 0.25) is 0 Å². The average molecular weight is 191 g/mol. The Balaban J connectivity index is 2.01. The fourth-order valence-electron chi connectivity index (χ4n) is 2.02. The Bertz CT molecular complexity index is 419. The van der Waals surface area contributed by atoms with Crippen molar-refractivity contribution in [3.8, 4) is 0 Å². The lowest BCUT2D eigenvalue weighted by molar-refractivity contribution is 0.600. The molecule has 0 radical (unpaired) electrons. The first-order valence-corrected chi connectivity index (χ1v) is 4.96. The maximum Gasteiger partial charge on any atom is 0.198 e. The predicted octanol–water partition coefficient (Wildman–Crippen LogP) is 1.94. The summed E-state index contributed by atoms with van der Waals surface area (Å²) in [4.78, 5) is 5.33. The number of nitrogens with zero attached hydrogens (tertiary/aromatic N) is 1. The number of aromatic amines is 1. The van der Waals surface area contributed by atoms with Gasteiger partial charge in [0.25, 0.3) is 0 Å². The Morgan fingerprint density at radius 1 is 1.29 bits per heavy atom. The molecule has 4 heteroatoms. The summed E-state index contributed by atoms with van der Waals surface area (Å²) in [6.45, 7) is 2.21. The molecule has 1 aliphatic rings. The molecule has 0 aromatic carbocycles. The molecule has 0 aliphatic carbocycles. The zero-order chi connectivity index (χ0) is 9.54. The highest BCUT2D eigenvalue weighted by molar-refractivity contribution is 5.81. The Morgan fingerprint density at radius 3 is 2.79 bits per heavy atom. The Hall–Kier alpha value is -1.58. The monoisotopic (exact) mass is 191 g/mol. The van der Waals surface area contributed by atoms with Gasteiger partial charge in [-0.2, -0.15) is 0 Å². The van der Waals surface area contributed by atoms with Crippen LogP contribution in [0.4, 0.5) is 11.7 Å². The van der Waals surface area contributed by atoms with E-state index >= 15 is 0 Å². The van der Waals surface area contributed by atoms with E-state index in [9.17, 15) is 0 Å². The molecule has 1 aliphatic heterocycles. The molecule has 3 heterocycles. The fourth-order valence-corrected chi connectivity index (χ4v) is 2.02. The van der Waals surface area contributed by atoms with Crippen molar-refractivity contribution in [2.75, 3.05) is 23.7 Å². The topological polar surface area (TPSA) is 58.2 Å². The first-order chi connectivity index (χ1) is 6.83. The number of nitrogens with two attached hydrogens (primary N) is 1. The van der Waals surface area contributed by atoms with Crippen LogP contribution >= 0.6 is 0 Å². The van der Waals surface area contributed by atoms with Crippen molar-refractivity contribution in [3.05, 3.63) is 12.1 Å². The maximum atomic E-state index is 5.69. The van der Waals surface area contributed by atoms with E-state index in [0.717, 1.165) is 30.1 Å². The number of rotatable bonds is 1. The number of nitrogens with one attached hydrogen (secondary N) is 1. The summed E-state index contributed by atoms with van der Waals surface area (Å²) in [5.74, 6) is 1.62. The molecular formula is C10H13N3O. The molecule has 4 nitrogen and oxygen atoms in total. The van der Waals surface area contributed by atoms with Gasteiger partial charge in [-0.25, -0.2) is 0 Å². The molecule has 0 saturated carbocycles. The minimum absolute atomic E-state index is 0.659. The van der Waals surface area contributed by atoms with Crippen LogP contribution in [0, 0.1) is 0 Å². The third-order valence-corrected chi connectivity index (χ3v) is 2.73. The highest BCUT2D eigenvalue weighted by atomic mass is 16.4. The molecule has 14 heavy (non-hydrogen) atoms. The lowest BCUT2D eigenvalue weighted by Gasteiger charge is -2.12. The summed E-state index contributed by atoms with van der Waals surface area (Å²) in [7, 11) is 0. The van der Waals surface area contributed by atoms with Gasteiger partial charge in [0, 0.05) is 25.2 Å². The van der Waals surface area contributed by atoms with E-state index in [-0.39, 0.29) is 0 Å². The lowest BCUT2D eigenvalue weighted by Crippen LogP contribution is -2.16. The van der Waals surface area contributed by atoms with E-state index in [2.05, 4.69) is 9.88 Å².